The Bertz CT molecular complexity index is 1110. The Morgan fingerprint density at radius 3 is 2.77 bits per heavy atom. The number of nitrogens with zero attached hydrogens (tertiary/aromatic N) is 3. The smallest absolute Gasteiger partial charge is 0.341 e. The predicted molar refractivity (Wildman–Crippen MR) is 122 cm³/mol. The summed E-state index contributed by atoms with van der Waals surface area (Å²) in [5.74, 6) is 0.826. The molecule has 31 heavy (non-hydrogen) atoms. The zero-order valence-corrected chi connectivity index (χ0v) is 19.5. The van der Waals surface area contributed by atoms with Crippen LogP contribution in [-0.4, -0.2) is 39.0 Å². The third-order valence-corrected chi connectivity index (χ3v) is 6.67. The van der Waals surface area contributed by atoms with Gasteiger partial charge in [-0.2, -0.15) is 0 Å². The van der Waals surface area contributed by atoms with Crippen molar-refractivity contribution >= 4 is 40.0 Å². The molecule has 3 aromatic heterocycles. The van der Waals surface area contributed by atoms with Crippen molar-refractivity contribution in [3.63, 3.8) is 0 Å². The van der Waals surface area contributed by atoms with Crippen LogP contribution >= 0.6 is 23.1 Å². The summed E-state index contributed by atoms with van der Waals surface area (Å²) < 4.78 is 12.4. The normalized spacial score (nSPS) is 10.8. The van der Waals surface area contributed by atoms with E-state index in [9.17, 15) is 9.59 Å². The van der Waals surface area contributed by atoms with Gasteiger partial charge in [0.15, 0.2) is 11.0 Å². The van der Waals surface area contributed by atoms with Crippen LogP contribution in [-0.2, 0) is 16.1 Å². The van der Waals surface area contributed by atoms with Crippen molar-refractivity contribution in [3.05, 3.63) is 46.7 Å². The van der Waals surface area contributed by atoms with E-state index in [0.717, 1.165) is 21.8 Å². The lowest BCUT2D eigenvalue weighted by atomic mass is 10.1. The van der Waals surface area contributed by atoms with Crippen molar-refractivity contribution in [1.29, 1.82) is 0 Å². The molecule has 0 aliphatic carbocycles. The molecule has 0 fully saturated rings. The van der Waals surface area contributed by atoms with E-state index in [2.05, 4.69) is 22.1 Å². The standard InChI is InChI=1S/C21H24N4O4S2/c1-6-9-25-18(15-8-10-29-13(15)4)23-24-21(25)30-11-16(26)22-19-17(20(27)28-7-2)12(3)14(5)31-19/h6,8,10H,1,7,9,11H2,2-5H3,(H,22,26). The van der Waals surface area contributed by atoms with Gasteiger partial charge in [0.1, 0.15) is 10.8 Å². The minimum atomic E-state index is -0.432. The summed E-state index contributed by atoms with van der Waals surface area (Å²) in [6.07, 6.45) is 3.35. The molecule has 8 nitrogen and oxygen atoms in total. The molecular formula is C21H24N4O4S2. The van der Waals surface area contributed by atoms with Crippen LogP contribution in [0.3, 0.4) is 0 Å². The first-order chi connectivity index (χ1) is 14.9. The first-order valence-electron chi connectivity index (χ1n) is 9.65. The van der Waals surface area contributed by atoms with Crippen molar-refractivity contribution < 1.29 is 18.7 Å². The van der Waals surface area contributed by atoms with Gasteiger partial charge in [-0.25, -0.2) is 4.79 Å². The topological polar surface area (TPSA) is 99.2 Å². The van der Waals surface area contributed by atoms with E-state index in [1.807, 2.05) is 31.4 Å². The Balaban J connectivity index is 1.74. The fourth-order valence-electron chi connectivity index (χ4n) is 2.96. The van der Waals surface area contributed by atoms with Gasteiger partial charge in [-0.05, 0) is 39.3 Å². The molecule has 0 saturated carbocycles. The molecule has 0 aliphatic heterocycles. The van der Waals surface area contributed by atoms with E-state index in [1.165, 1.54) is 23.1 Å². The van der Waals surface area contributed by atoms with Crippen molar-refractivity contribution in [3.8, 4) is 11.4 Å². The largest absolute Gasteiger partial charge is 0.469 e. The summed E-state index contributed by atoms with van der Waals surface area (Å²) in [7, 11) is 0. The van der Waals surface area contributed by atoms with Crippen LogP contribution in [0.2, 0.25) is 0 Å². The number of amides is 1. The lowest BCUT2D eigenvalue weighted by Gasteiger charge is -2.08. The van der Waals surface area contributed by atoms with Gasteiger partial charge in [-0.1, -0.05) is 17.8 Å². The lowest BCUT2D eigenvalue weighted by Crippen LogP contribution is -2.17. The number of aryl methyl sites for hydroxylation is 2. The van der Waals surface area contributed by atoms with Crippen LogP contribution in [0.15, 0.2) is 34.6 Å². The van der Waals surface area contributed by atoms with Gasteiger partial charge in [0.25, 0.3) is 0 Å². The molecular weight excluding hydrogens is 436 g/mol. The molecule has 0 aliphatic rings. The molecule has 10 heteroatoms. The highest BCUT2D eigenvalue weighted by Crippen LogP contribution is 2.33. The second kappa shape index (κ2) is 9.97. The van der Waals surface area contributed by atoms with Gasteiger partial charge in [0, 0.05) is 11.4 Å². The third-order valence-electron chi connectivity index (χ3n) is 4.58. The molecule has 3 aromatic rings. The molecule has 3 rings (SSSR count). The average Bonchev–Trinajstić information content (AvgIpc) is 3.39. The van der Waals surface area contributed by atoms with Gasteiger partial charge < -0.3 is 14.5 Å². The number of nitrogens with one attached hydrogen (secondary N) is 1. The zero-order chi connectivity index (χ0) is 22.5. The minimum Gasteiger partial charge on any atom is -0.469 e. The summed E-state index contributed by atoms with van der Waals surface area (Å²) >= 11 is 2.62. The van der Waals surface area contributed by atoms with Crippen molar-refractivity contribution in [2.45, 2.75) is 39.4 Å². The van der Waals surface area contributed by atoms with Crippen LogP contribution in [0.1, 0.15) is 33.5 Å². The SMILES string of the molecule is C=CCn1c(SCC(=O)Nc2sc(C)c(C)c2C(=O)OCC)nnc1-c1ccoc1C. The summed E-state index contributed by atoms with van der Waals surface area (Å²) in [5, 5.41) is 12.4. The Morgan fingerprint density at radius 2 is 2.13 bits per heavy atom. The number of thiophene rings is 1. The van der Waals surface area contributed by atoms with Gasteiger partial charge >= 0.3 is 5.97 Å². The molecule has 3 heterocycles. The third kappa shape index (κ3) is 4.91. The molecule has 0 radical (unpaired) electrons. The van der Waals surface area contributed by atoms with E-state index < -0.39 is 5.97 Å². The number of hydrogen-bond acceptors (Lipinski definition) is 8. The van der Waals surface area contributed by atoms with Crippen molar-refractivity contribution in [1.82, 2.24) is 14.8 Å². The quantitative estimate of drug-likeness (QED) is 0.283. The Labute approximate surface area is 188 Å². The van der Waals surface area contributed by atoms with Crippen LogP contribution in [0.5, 0.6) is 0 Å². The lowest BCUT2D eigenvalue weighted by molar-refractivity contribution is -0.113. The molecule has 1 amide bonds. The van der Waals surface area contributed by atoms with Crippen LogP contribution in [0.4, 0.5) is 5.00 Å². The number of carbonyl (C=O) groups is 2. The molecule has 0 unspecified atom stereocenters. The fourth-order valence-corrected chi connectivity index (χ4v) is 4.77. The maximum absolute atomic E-state index is 12.6. The second-order valence-electron chi connectivity index (χ2n) is 6.64. The number of furan rings is 1. The fraction of sp³-hybridized carbons (Fsp3) is 0.333. The summed E-state index contributed by atoms with van der Waals surface area (Å²) in [6, 6.07) is 1.83. The molecule has 164 valence electrons. The van der Waals surface area contributed by atoms with E-state index in [1.54, 1.807) is 19.3 Å². The minimum absolute atomic E-state index is 0.109. The maximum Gasteiger partial charge on any atom is 0.341 e. The number of allylic oxidation sites excluding steroid dienone is 1. The Morgan fingerprint density at radius 1 is 1.35 bits per heavy atom. The highest BCUT2D eigenvalue weighted by Gasteiger charge is 2.23. The van der Waals surface area contributed by atoms with E-state index in [4.69, 9.17) is 9.15 Å². The van der Waals surface area contributed by atoms with Gasteiger partial charge in [-0.15, -0.1) is 28.1 Å². The van der Waals surface area contributed by atoms with E-state index in [-0.39, 0.29) is 18.3 Å². The Hall–Kier alpha value is -2.85. The average molecular weight is 461 g/mol. The molecule has 0 atom stereocenters. The number of rotatable bonds is 9. The monoisotopic (exact) mass is 460 g/mol. The number of esters is 1. The predicted octanol–water partition coefficient (Wildman–Crippen LogP) is 4.62. The molecule has 0 spiro atoms. The molecule has 0 saturated heterocycles. The maximum atomic E-state index is 12.6. The van der Waals surface area contributed by atoms with Crippen molar-refractivity contribution in [2.75, 3.05) is 17.7 Å². The van der Waals surface area contributed by atoms with Crippen molar-refractivity contribution in [2.24, 2.45) is 0 Å². The highest BCUT2D eigenvalue weighted by molar-refractivity contribution is 7.99. The van der Waals surface area contributed by atoms with Crippen LogP contribution in [0.25, 0.3) is 11.4 Å². The first kappa shape index (κ1) is 22.8. The summed E-state index contributed by atoms with van der Waals surface area (Å²) in [4.78, 5) is 25.9. The van der Waals surface area contributed by atoms with E-state index in [0.29, 0.717) is 28.1 Å². The molecule has 0 bridgehead atoms. The zero-order valence-electron chi connectivity index (χ0n) is 17.9. The summed E-state index contributed by atoms with van der Waals surface area (Å²) in [5.41, 5.74) is 2.07. The second-order valence-corrected chi connectivity index (χ2v) is 8.81. The number of aromatic nitrogens is 3. The number of ether oxygens (including phenoxy) is 1. The number of hydrogen-bond donors (Lipinski definition) is 1. The number of thioether (sulfide) groups is 1. The van der Waals surface area contributed by atoms with Crippen LogP contribution in [0, 0.1) is 20.8 Å². The van der Waals surface area contributed by atoms with Crippen LogP contribution < -0.4 is 5.32 Å². The first-order valence-corrected chi connectivity index (χ1v) is 11.5. The highest BCUT2D eigenvalue weighted by atomic mass is 32.2. The molecule has 1 N–H and O–H groups in total. The van der Waals surface area contributed by atoms with Gasteiger partial charge in [0.2, 0.25) is 5.91 Å². The number of anilines is 1. The number of carbonyl (C=O) groups excluding carboxylic acids is 2. The summed E-state index contributed by atoms with van der Waals surface area (Å²) in [6.45, 7) is 11.9. The van der Waals surface area contributed by atoms with Gasteiger partial charge in [0.05, 0.1) is 29.7 Å². The van der Waals surface area contributed by atoms with E-state index >= 15 is 0 Å². The Kier molecular flexibility index (Phi) is 7.34. The van der Waals surface area contributed by atoms with Gasteiger partial charge in [-0.3, -0.25) is 9.36 Å². The molecule has 0 aromatic carbocycles.